The van der Waals surface area contributed by atoms with Gasteiger partial charge in [0, 0.05) is 18.6 Å². The van der Waals surface area contributed by atoms with Gasteiger partial charge in [-0.3, -0.25) is 0 Å². The molecule has 2 rings (SSSR count). The minimum atomic E-state index is 0.457. The summed E-state index contributed by atoms with van der Waals surface area (Å²) in [6, 6.07) is 10.1. The Kier molecular flexibility index (Phi) is 6.72. The molecule has 1 atom stereocenters. The van der Waals surface area contributed by atoms with Gasteiger partial charge in [0.05, 0.1) is 0 Å². The van der Waals surface area contributed by atoms with E-state index in [0.29, 0.717) is 6.04 Å². The van der Waals surface area contributed by atoms with Gasteiger partial charge in [0.15, 0.2) is 0 Å². The lowest BCUT2D eigenvalue weighted by Crippen LogP contribution is -2.40. The van der Waals surface area contributed by atoms with Crippen LogP contribution in [0.3, 0.4) is 0 Å². The number of hydrogen-bond acceptors (Lipinski definition) is 2. The van der Waals surface area contributed by atoms with Gasteiger partial charge in [-0.1, -0.05) is 50.5 Å². The zero-order valence-corrected chi connectivity index (χ0v) is 14.1. The number of likely N-dealkylation sites (N-methyl/N-ethyl adjacent to an activating group) is 1. The van der Waals surface area contributed by atoms with E-state index in [1.54, 1.807) is 0 Å². The predicted octanol–water partition coefficient (Wildman–Crippen LogP) is 4.30. The second-order valence-corrected chi connectivity index (χ2v) is 6.59. The van der Waals surface area contributed by atoms with E-state index < -0.39 is 0 Å². The van der Waals surface area contributed by atoms with E-state index in [1.165, 1.54) is 49.7 Å². The van der Waals surface area contributed by atoms with Crippen LogP contribution in [-0.4, -0.2) is 31.1 Å². The van der Waals surface area contributed by atoms with Crippen LogP contribution in [0.1, 0.15) is 62.6 Å². The van der Waals surface area contributed by atoms with Crippen molar-refractivity contribution in [2.24, 2.45) is 0 Å². The lowest BCUT2D eigenvalue weighted by atomic mass is 9.93. The van der Waals surface area contributed by atoms with Crippen molar-refractivity contribution in [1.82, 2.24) is 10.2 Å². The SMILES string of the molecule is CCCNC(CN(C)C1CCCCC1)c1ccccc1C. The van der Waals surface area contributed by atoms with Gasteiger partial charge >= 0.3 is 0 Å². The lowest BCUT2D eigenvalue weighted by molar-refractivity contribution is 0.174. The van der Waals surface area contributed by atoms with Crippen molar-refractivity contribution in [3.05, 3.63) is 35.4 Å². The van der Waals surface area contributed by atoms with Crippen molar-refractivity contribution in [3.8, 4) is 0 Å². The fraction of sp³-hybridized carbons (Fsp3) is 0.684. The van der Waals surface area contributed by atoms with Gasteiger partial charge < -0.3 is 10.2 Å². The lowest BCUT2D eigenvalue weighted by Gasteiger charge is -2.34. The summed E-state index contributed by atoms with van der Waals surface area (Å²) in [5.74, 6) is 0. The van der Waals surface area contributed by atoms with E-state index in [-0.39, 0.29) is 0 Å². The van der Waals surface area contributed by atoms with Gasteiger partial charge in [-0.25, -0.2) is 0 Å². The van der Waals surface area contributed by atoms with Crippen LogP contribution in [0.2, 0.25) is 0 Å². The molecule has 0 aliphatic heterocycles. The summed E-state index contributed by atoms with van der Waals surface area (Å²) in [4.78, 5) is 2.60. The van der Waals surface area contributed by atoms with Crippen LogP contribution < -0.4 is 5.32 Å². The van der Waals surface area contributed by atoms with Crippen molar-refractivity contribution in [2.45, 2.75) is 64.5 Å². The number of aryl methyl sites for hydroxylation is 1. The molecule has 2 nitrogen and oxygen atoms in total. The topological polar surface area (TPSA) is 15.3 Å². The molecule has 118 valence electrons. The van der Waals surface area contributed by atoms with E-state index in [0.717, 1.165) is 19.1 Å². The molecule has 1 aromatic rings. The summed E-state index contributed by atoms with van der Waals surface area (Å²) in [7, 11) is 2.31. The normalized spacial score (nSPS) is 18.1. The fourth-order valence-corrected chi connectivity index (χ4v) is 3.53. The Bertz CT molecular complexity index is 410. The summed E-state index contributed by atoms with van der Waals surface area (Å²) in [5, 5.41) is 3.75. The Morgan fingerprint density at radius 1 is 1.19 bits per heavy atom. The van der Waals surface area contributed by atoms with Gasteiger partial charge in [-0.2, -0.15) is 0 Å². The molecule has 0 radical (unpaired) electrons. The van der Waals surface area contributed by atoms with Crippen molar-refractivity contribution in [3.63, 3.8) is 0 Å². The van der Waals surface area contributed by atoms with Crippen molar-refractivity contribution in [2.75, 3.05) is 20.1 Å². The molecule has 1 fully saturated rings. The first-order chi connectivity index (χ1) is 10.2. The number of benzene rings is 1. The van der Waals surface area contributed by atoms with E-state index >= 15 is 0 Å². The summed E-state index contributed by atoms with van der Waals surface area (Å²) in [6.45, 7) is 6.69. The number of nitrogens with zero attached hydrogens (tertiary/aromatic N) is 1. The molecule has 1 aromatic carbocycles. The van der Waals surface area contributed by atoms with E-state index in [9.17, 15) is 0 Å². The first-order valence-electron chi connectivity index (χ1n) is 8.71. The molecule has 0 heterocycles. The van der Waals surface area contributed by atoms with Gasteiger partial charge in [-0.15, -0.1) is 0 Å². The maximum absolute atomic E-state index is 3.75. The zero-order valence-electron chi connectivity index (χ0n) is 14.1. The Morgan fingerprint density at radius 3 is 2.57 bits per heavy atom. The summed E-state index contributed by atoms with van der Waals surface area (Å²) >= 11 is 0. The average Bonchev–Trinajstić information content (AvgIpc) is 2.53. The Labute approximate surface area is 130 Å². The minimum Gasteiger partial charge on any atom is -0.309 e. The standard InChI is InChI=1S/C19H32N2/c1-4-14-20-19(18-13-9-8-10-16(18)2)15-21(3)17-11-6-5-7-12-17/h8-10,13,17,19-20H,4-7,11-12,14-15H2,1-3H3. The van der Waals surface area contributed by atoms with Crippen molar-refractivity contribution >= 4 is 0 Å². The molecule has 0 aromatic heterocycles. The largest absolute Gasteiger partial charge is 0.309 e. The average molecular weight is 288 g/mol. The highest BCUT2D eigenvalue weighted by molar-refractivity contribution is 5.29. The second kappa shape index (κ2) is 8.55. The number of rotatable bonds is 7. The third kappa shape index (κ3) is 4.82. The molecule has 1 unspecified atom stereocenters. The summed E-state index contributed by atoms with van der Waals surface area (Å²) in [6.07, 6.45) is 8.20. The van der Waals surface area contributed by atoms with Crippen LogP contribution in [0.4, 0.5) is 0 Å². The highest BCUT2D eigenvalue weighted by Gasteiger charge is 2.22. The molecule has 1 N–H and O–H groups in total. The van der Waals surface area contributed by atoms with Crippen LogP contribution in [-0.2, 0) is 0 Å². The first-order valence-corrected chi connectivity index (χ1v) is 8.71. The molecule has 0 spiro atoms. The number of nitrogens with one attached hydrogen (secondary N) is 1. The molecule has 21 heavy (non-hydrogen) atoms. The molecule has 0 amide bonds. The molecule has 0 bridgehead atoms. The predicted molar refractivity (Wildman–Crippen MR) is 91.7 cm³/mol. The molecular weight excluding hydrogens is 256 g/mol. The van der Waals surface area contributed by atoms with Crippen molar-refractivity contribution in [1.29, 1.82) is 0 Å². The molecule has 1 aliphatic rings. The molecule has 1 saturated carbocycles. The van der Waals surface area contributed by atoms with Crippen LogP contribution >= 0.6 is 0 Å². The second-order valence-electron chi connectivity index (χ2n) is 6.59. The number of hydrogen-bond donors (Lipinski definition) is 1. The van der Waals surface area contributed by atoms with Crippen LogP contribution in [0.5, 0.6) is 0 Å². The molecule has 2 heteroatoms. The smallest absolute Gasteiger partial charge is 0.0451 e. The highest BCUT2D eigenvalue weighted by Crippen LogP contribution is 2.25. The Morgan fingerprint density at radius 2 is 1.90 bits per heavy atom. The Hall–Kier alpha value is -0.860. The van der Waals surface area contributed by atoms with Gasteiger partial charge in [0.2, 0.25) is 0 Å². The van der Waals surface area contributed by atoms with Crippen LogP contribution in [0.25, 0.3) is 0 Å². The van der Waals surface area contributed by atoms with Crippen LogP contribution in [0, 0.1) is 6.92 Å². The van der Waals surface area contributed by atoms with E-state index in [4.69, 9.17) is 0 Å². The quantitative estimate of drug-likeness (QED) is 0.804. The molecular formula is C19H32N2. The van der Waals surface area contributed by atoms with Crippen LogP contribution in [0.15, 0.2) is 24.3 Å². The summed E-state index contributed by atoms with van der Waals surface area (Å²) < 4.78 is 0. The Balaban J connectivity index is 2.03. The van der Waals surface area contributed by atoms with E-state index in [1.807, 2.05) is 0 Å². The maximum atomic E-state index is 3.75. The fourth-order valence-electron chi connectivity index (χ4n) is 3.53. The minimum absolute atomic E-state index is 0.457. The third-order valence-electron chi connectivity index (χ3n) is 4.87. The third-order valence-corrected chi connectivity index (χ3v) is 4.87. The van der Waals surface area contributed by atoms with Gasteiger partial charge in [0.25, 0.3) is 0 Å². The molecule has 0 saturated heterocycles. The van der Waals surface area contributed by atoms with Gasteiger partial charge in [0.1, 0.15) is 0 Å². The van der Waals surface area contributed by atoms with Gasteiger partial charge in [-0.05, 0) is 50.9 Å². The first kappa shape index (κ1) is 16.5. The molecule has 1 aliphatic carbocycles. The highest BCUT2D eigenvalue weighted by atomic mass is 15.2. The zero-order chi connectivity index (χ0) is 15.1. The monoisotopic (exact) mass is 288 g/mol. The van der Waals surface area contributed by atoms with E-state index in [2.05, 4.69) is 55.4 Å². The van der Waals surface area contributed by atoms with Crippen molar-refractivity contribution < 1.29 is 0 Å². The maximum Gasteiger partial charge on any atom is 0.0451 e. The summed E-state index contributed by atoms with van der Waals surface area (Å²) in [5.41, 5.74) is 2.87.